The highest BCUT2D eigenvalue weighted by atomic mass is 16.5. The topological polar surface area (TPSA) is 35.2 Å². The summed E-state index contributed by atoms with van der Waals surface area (Å²) in [6.07, 6.45) is 2.50. The third-order valence-corrected chi connectivity index (χ3v) is 4.71. The first-order valence-electron chi connectivity index (χ1n) is 5.31. The second kappa shape index (κ2) is 2.48. The highest BCUT2D eigenvalue weighted by Crippen LogP contribution is 2.73. The zero-order valence-electron chi connectivity index (χ0n) is 9.02. The molecule has 0 aromatic heterocycles. The Hall–Kier alpha value is -0.0800. The maximum Gasteiger partial charge on any atom is 0.0550 e. The summed E-state index contributed by atoms with van der Waals surface area (Å²) < 4.78 is 5.40. The molecule has 2 rings (SSSR count). The lowest BCUT2D eigenvalue weighted by molar-refractivity contribution is -0.163. The van der Waals surface area contributed by atoms with Gasteiger partial charge in [-0.1, -0.05) is 20.8 Å². The highest BCUT2D eigenvalue weighted by molar-refractivity contribution is 5.20. The van der Waals surface area contributed by atoms with Crippen LogP contribution in [0.4, 0.5) is 0 Å². The van der Waals surface area contributed by atoms with Crippen LogP contribution >= 0.6 is 0 Å². The van der Waals surface area contributed by atoms with Crippen molar-refractivity contribution in [3.05, 3.63) is 0 Å². The number of hydrogen-bond acceptors (Lipinski definition) is 2. The summed E-state index contributed by atoms with van der Waals surface area (Å²) in [6.45, 7) is 9.66. The molecule has 76 valence electrons. The van der Waals surface area contributed by atoms with Crippen LogP contribution in [0.3, 0.4) is 0 Å². The van der Waals surface area contributed by atoms with Crippen LogP contribution in [0, 0.1) is 16.2 Å². The van der Waals surface area contributed by atoms with Crippen molar-refractivity contribution < 1.29 is 4.74 Å². The van der Waals surface area contributed by atoms with Crippen molar-refractivity contribution in [3.63, 3.8) is 0 Å². The van der Waals surface area contributed by atoms with Gasteiger partial charge in [0.15, 0.2) is 0 Å². The summed E-state index contributed by atoms with van der Waals surface area (Å²) in [6, 6.07) is 0. The van der Waals surface area contributed by atoms with Gasteiger partial charge in [-0.2, -0.15) is 0 Å². The Kier molecular flexibility index (Phi) is 1.81. The van der Waals surface area contributed by atoms with Gasteiger partial charge >= 0.3 is 0 Å². The molecule has 0 radical (unpaired) electrons. The van der Waals surface area contributed by atoms with Gasteiger partial charge in [-0.25, -0.2) is 0 Å². The van der Waals surface area contributed by atoms with E-state index in [1.165, 1.54) is 12.8 Å². The molecule has 1 saturated heterocycles. The van der Waals surface area contributed by atoms with Gasteiger partial charge < -0.3 is 10.5 Å². The number of rotatable bonds is 3. The lowest BCUT2D eigenvalue weighted by Gasteiger charge is -2.49. The molecule has 1 aliphatic carbocycles. The number of nitrogens with two attached hydrogens (primary N) is 1. The fraction of sp³-hybridized carbons (Fsp3) is 1.00. The molecule has 2 aliphatic rings. The van der Waals surface area contributed by atoms with E-state index in [4.69, 9.17) is 10.5 Å². The van der Waals surface area contributed by atoms with E-state index in [0.717, 1.165) is 19.8 Å². The molecular formula is C11H21NO. The predicted molar refractivity (Wildman–Crippen MR) is 53.4 cm³/mol. The van der Waals surface area contributed by atoms with Crippen LogP contribution in [0.15, 0.2) is 0 Å². The van der Waals surface area contributed by atoms with E-state index in [1.54, 1.807) is 0 Å². The minimum atomic E-state index is 0.382. The summed E-state index contributed by atoms with van der Waals surface area (Å²) in [5.74, 6) is 0. The lowest BCUT2D eigenvalue weighted by Crippen LogP contribution is -2.53. The standard InChI is InChI=1S/C11H21NO/c1-4-10(7-13-8-10)11(6-12)5-9(11,2)3/h4-8,12H2,1-3H3. The molecule has 2 fully saturated rings. The first-order chi connectivity index (χ1) is 6.04. The Morgan fingerprint density at radius 3 is 1.92 bits per heavy atom. The second-order valence-corrected chi connectivity index (χ2v) is 5.47. The molecule has 2 N–H and O–H groups in total. The summed E-state index contributed by atoms with van der Waals surface area (Å²) in [5.41, 5.74) is 7.20. The third kappa shape index (κ3) is 0.909. The Morgan fingerprint density at radius 1 is 1.31 bits per heavy atom. The van der Waals surface area contributed by atoms with E-state index in [1.807, 2.05) is 0 Å². The van der Waals surface area contributed by atoms with E-state index in [0.29, 0.717) is 16.2 Å². The Morgan fingerprint density at radius 2 is 1.85 bits per heavy atom. The lowest BCUT2D eigenvalue weighted by atomic mass is 9.65. The van der Waals surface area contributed by atoms with Crippen molar-refractivity contribution >= 4 is 0 Å². The van der Waals surface area contributed by atoms with Gasteiger partial charge in [-0.05, 0) is 30.2 Å². The maximum atomic E-state index is 5.96. The molecule has 0 aromatic rings. The zero-order chi connectivity index (χ0) is 9.74. The van der Waals surface area contributed by atoms with Crippen molar-refractivity contribution in [2.45, 2.75) is 33.6 Å². The fourth-order valence-corrected chi connectivity index (χ4v) is 3.35. The van der Waals surface area contributed by atoms with Crippen molar-refractivity contribution in [2.24, 2.45) is 22.0 Å². The van der Waals surface area contributed by atoms with Gasteiger partial charge in [-0.15, -0.1) is 0 Å². The average Bonchev–Trinajstić information content (AvgIpc) is 2.54. The van der Waals surface area contributed by atoms with Crippen LogP contribution in [-0.2, 0) is 4.74 Å². The predicted octanol–water partition coefficient (Wildman–Crippen LogP) is 1.79. The number of hydrogen-bond donors (Lipinski definition) is 1. The minimum absolute atomic E-state index is 0.382. The molecule has 2 heteroatoms. The Bertz CT molecular complexity index is 215. The van der Waals surface area contributed by atoms with E-state index < -0.39 is 0 Å². The van der Waals surface area contributed by atoms with Crippen LogP contribution in [-0.4, -0.2) is 19.8 Å². The molecule has 2 nitrogen and oxygen atoms in total. The first kappa shape index (κ1) is 9.47. The SMILES string of the molecule is CCC1(C2(CN)CC2(C)C)COC1. The van der Waals surface area contributed by atoms with Crippen LogP contribution < -0.4 is 5.73 Å². The molecule has 0 amide bonds. The summed E-state index contributed by atoms with van der Waals surface area (Å²) in [5, 5.41) is 0. The Labute approximate surface area is 80.8 Å². The van der Waals surface area contributed by atoms with Gasteiger partial charge in [0.1, 0.15) is 0 Å². The van der Waals surface area contributed by atoms with Crippen molar-refractivity contribution in [1.29, 1.82) is 0 Å². The van der Waals surface area contributed by atoms with E-state index in [9.17, 15) is 0 Å². The van der Waals surface area contributed by atoms with E-state index in [2.05, 4.69) is 20.8 Å². The molecular weight excluding hydrogens is 162 g/mol. The van der Waals surface area contributed by atoms with Gasteiger partial charge in [0.05, 0.1) is 13.2 Å². The quantitative estimate of drug-likeness (QED) is 0.724. The monoisotopic (exact) mass is 183 g/mol. The molecule has 13 heavy (non-hydrogen) atoms. The van der Waals surface area contributed by atoms with E-state index >= 15 is 0 Å². The van der Waals surface area contributed by atoms with Crippen molar-refractivity contribution in [1.82, 2.24) is 0 Å². The molecule has 1 unspecified atom stereocenters. The van der Waals surface area contributed by atoms with Crippen molar-refractivity contribution in [3.8, 4) is 0 Å². The van der Waals surface area contributed by atoms with Gasteiger partial charge in [-0.3, -0.25) is 0 Å². The first-order valence-corrected chi connectivity index (χ1v) is 5.31. The smallest absolute Gasteiger partial charge is 0.0550 e. The van der Waals surface area contributed by atoms with Gasteiger partial charge in [0, 0.05) is 5.41 Å². The summed E-state index contributed by atoms with van der Waals surface area (Å²) >= 11 is 0. The largest absolute Gasteiger partial charge is 0.380 e. The van der Waals surface area contributed by atoms with Crippen LogP contribution in [0.25, 0.3) is 0 Å². The molecule has 1 saturated carbocycles. The highest BCUT2D eigenvalue weighted by Gasteiger charge is 2.71. The second-order valence-electron chi connectivity index (χ2n) is 5.47. The molecule has 0 aromatic carbocycles. The van der Waals surface area contributed by atoms with Crippen LogP contribution in [0.1, 0.15) is 33.6 Å². The van der Waals surface area contributed by atoms with Crippen molar-refractivity contribution in [2.75, 3.05) is 19.8 Å². The Balaban J connectivity index is 2.23. The maximum absolute atomic E-state index is 5.96. The van der Waals surface area contributed by atoms with E-state index in [-0.39, 0.29) is 0 Å². The average molecular weight is 183 g/mol. The van der Waals surface area contributed by atoms with Gasteiger partial charge in [0.25, 0.3) is 0 Å². The van der Waals surface area contributed by atoms with Crippen LogP contribution in [0.5, 0.6) is 0 Å². The molecule has 0 spiro atoms. The molecule has 0 bridgehead atoms. The van der Waals surface area contributed by atoms with Crippen LogP contribution in [0.2, 0.25) is 0 Å². The third-order valence-electron chi connectivity index (χ3n) is 4.71. The minimum Gasteiger partial charge on any atom is -0.380 e. The zero-order valence-corrected chi connectivity index (χ0v) is 9.02. The summed E-state index contributed by atoms with van der Waals surface area (Å²) in [4.78, 5) is 0. The normalized spacial score (nSPS) is 39.7. The molecule has 1 heterocycles. The molecule has 1 aliphatic heterocycles. The number of ether oxygens (including phenoxy) is 1. The molecule has 1 atom stereocenters. The fourth-order valence-electron chi connectivity index (χ4n) is 3.35. The van der Waals surface area contributed by atoms with Gasteiger partial charge in [0.2, 0.25) is 0 Å². The summed E-state index contributed by atoms with van der Waals surface area (Å²) in [7, 11) is 0.